The number of piperidine rings is 1. The van der Waals surface area contributed by atoms with Crippen molar-refractivity contribution in [1.82, 2.24) is 13.8 Å². The molecular formula is C19H29N3O4S. The average Bonchev–Trinajstić information content (AvgIpc) is 3.10. The van der Waals surface area contributed by atoms with Crippen molar-refractivity contribution in [3.63, 3.8) is 0 Å². The molecule has 1 aromatic heterocycles. The molecule has 8 heteroatoms. The van der Waals surface area contributed by atoms with E-state index in [1.165, 1.54) is 30.0 Å². The molecule has 0 N–H and O–H groups in total. The summed E-state index contributed by atoms with van der Waals surface area (Å²) in [5.41, 5.74) is 0.466. The summed E-state index contributed by atoms with van der Waals surface area (Å²) in [6, 6.07) is 1.87. The molecule has 0 radical (unpaired) electrons. The van der Waals surface area contributed by atoms with Crippen LogP contribution in [0.2, 0.25) is 0 Å². The maximum atomic E-state index is 13.3. The second-order valence-electron chi connectivity index (χ2n) is 7.94. The predicted molar refractivity (Wildman–Crippen MR) is 101 cm³/mol. The Bertz CT molecular complexity index is 796. The topological polar surface area (TPSA) is 71.9 Å². The van der Waals surface area contributed by atoms with E-state index in [0.717, 1.165) is 19.4 Å². The number of aromatic nitrogens is 1. The summed E-state index contributed by atoms with van der Waals surface area (Å²) in [7, 11) is -1.83. The van der Waals surface area contributed by atoms with E-state index in [9.17, 15) is 13.2 Å². The molecule has 1 aromatic rings. The van der Waals surface area contributed by atoms with E-state index in [-0.39, 0.29) is 10.8 Å². The molecule has 2 atom stereocenters. The first-order chi connectivity index (χ1) is 13.0. The van der Waals surface area contributed by atoms with Crippen molar-refractivity contribution in [2.75, 3.05) is 32.8 Å². The number of nitrogens with zero attached hydrogens (tertiary/aromatic N) is 3. The fraction of sp³-hybridized carbons (Fsp3) is 0.737. The summed E-state index contributed by atoms with van der Waals surface area (Å²) in [5, 5.41) is 0. The van der Waals surface area contributed by atoms with E-state index in [0.29, 0.717) is 44.0 Å². The van der Waals surface area contributed by atoms with Crippen LogP contribution in [0.4, 0.5) is 0 Å². The minimum absolute atomic E-state index is 0.0301. The van der Waals surface area contributed by atoms with E-state index in [1.807, 2.05) is 4.90 Å². The van der Waals surface area contributed by atoms with Crippen LogP contribution in [0, 0.1) is 5.92 Å². The molecule has 2 aliphatic heterocycles. The van der Waals surface area contributed by atoms with Crippen LogP contribution in [0.15, 0.2) is 17.2 Å². The normalized spacial score (nSPS) is 27.4. The van der Waals surface area contributed by atoms with Crippen LogP contribution >= 0.6 is 0 Å². The van der Waals surface area contributed by atoms with Crippen molar-refractivity contribution in [2.45, 2.75) is 49.5 Å². The third-order valence-electron chi connectivity index (χ3n) is 6.31. The minimum atomic E-state index is -3.59. The smallest absolute Gasteiger partial charge is 0.270 e. The quantitative estimate of drug-likeness (QED) is 0.783. The predicted octanol–water partition coefficient (Wildman–Crippen LogP) is 1.84. The second-order valence-corrected chi connectivity index (χ2v) is 9.88. The van der Waals surface area contributed by atoms with E-state index >= 15 is 0 Å². The number of rotatable bonds is 3. The Hall–Kier alpha value is -1.38. The van der Waals surface area contributed by atoms with Gasteiger partial charge in [0.25, 0.3) is 5.91 Å². The molecule has 3 heterocycles. The van der Waals surface area contributed by atoms with Crippen molar-refractivity contribution in [2.24, 2.45) is 13.0 Å². The van der Waals surface area contributed by atoms with Crippen LogP contribution in [0.25, 0.3) is 0 Å². The van der Waals surface area contributed by atoms with Gasteiger partial charge in [0.15, 0.2) is 0 Å². The number of carbonyl (C=O) groups excluding carboxylic acids is 1. The lowest BCUT2D eigenvalue weighted by molar-refractivity contribution is 0.0382. The first-order valence-corrected chi connectivity index (χ1v) is 11.5. The van der Waals surface area contributed by atoms with Crippen molar-refractivity contribution >= 4 is 15.9 Å². The molecule has 2 saturated heterocycles. The molecule has 3 aliphatic rings. The van der Waals surface area contributed by atoms with Gasteiger partial charge in [-0.15, -0.1) is 0 Å². The number of hydrogen-bond donors (Lipinski definition) is 0. The van der Waals surface area contributed by atoms with Gasteiger partial charge in [-0.2, -0.15) is 4.31 Å². The summed E-state index contributed by atoms with van der Waals surface area (Å²) in [6.07, 6.45) is 8.52. The largest absolute Gasteiger partial charge is 0.379 e. The minimum Gasteiger partial charge on any atom is -0.379 e. The van der Waals surface area contributed by atoms with Gasteiger partial charge in [0.2, 0.25) is 10.0 Å². The number of aryl methyl sites for hydroxylation is 1. The summed E-state index contributed by atoms with van der Waals surface area (Å²) in [6.45, 7) is 2.31. The van der Waals surface area contributed by atoms with Gasteiger partial charge in [0, 0.05) is 38.9 Å². The number of carbonyl (C=O) groups is 1. The van der Waals surface area contributed by atoms with Gasteiger partial charge in [-0.05, 0) is 37.7 Å². The Labute approximate surface area is 161 Å². The van der Waals surface area contributed by atoms with Gasteiger partial charge in [-0.25, -0.2) is 8.42 Å². The van der Waals surface area contributed by atoms with Crippen LogP contribution in [-0.4, -0.2) is 67.0 Å². The number of sulfonamides is 1. The van der Waals surface area contributed by atoms with Crippen LogP contribution in [0.5, 0.6) is 0 Å². The highest BCUT2D eigenvalue weighted by atomic mass is 32.2. The Kier molecular flexibility index (Phi) is 5.31. The van der Waals surface area contributed by atoms with Crippen LogP contribution in [0.1, 0.15) is 49.0 Å². The van der Waals surface area contributed by atoms with Gasteiger partial charge < -0.3 is 14.2 Å². The molecule has 27 heavy (non-hydrogen) atoms. The van der Waals surface area contributed by atoms with Crippen molar-refractivity contribution in [3.05, 3.63) is 18.0 Å². The Morgan fingerprint density at radius 1 is 1.07 bits per heavy atom. The zero-order chi connectivity index (χ0) is 19.0. The molecule has 2 unspecified atom stereocenters. The monoisotopic (exact) mass is 395 g/mol. The first-order valence-electron chi connectivity index (χ1n) is 10.0. The number of amides is 1. The van der Waals surface area contributed by atoms with Crippen LogP contribution < -0.4 is 0 Å². The van der Waals surface area contributed by atoms with Gasteiger partial charge in [0.05, 0.1) is 13.2 Å². The molecule has 150 valence electrons. The highest BCUT2D eigenvalue weighted by Crippen LogP contribution is 2.36. The fourth-order valence-electron chi connectivity index (χ4n) is 4.85. The second kappa shape index (κ2) is 7.56. The van der Waals surface area contributed by atoms with Gasteiger partial charge in [0.1, 0.15) is 10.6 Å². The SMILES string of the molecule is Cn1cc(S(=O)(=O)N2CCOCC2)cc1C(=O)N1CCCC2CCCCC21. The van der Waals surface area contributed by atoms with Gasteiger partial charge in [-0.1, -0.05) is 12.8 Å². The van der Waals surface area contributed by atoms with Crippen LogP contribution in [-0.2, 0) is 21.8 Å². The molecule has 4 rings (SSSR count). The van der Waals surface area contributed by atoms with E-state index < -0.39 is 10.0 Å². The standard InChI is InChI=1S/C19H29N3O4S/c1-20-14-16(27(24,25)21-9-11-26-12-10-21)13-18(20)19(23)22-8-4-6-15-5-2-3-7-17(15)22/h13-15,17H,2-12H2,1H3. The van der Waals surface area contributed by atoms with E-state index in [2.05, 4.69) is 0 Å². The van der Waals surface area contributed by atoms with Crippen molar-refractivity contribution < 1.29 is 17.9 Å². The molecule has 3 fully saturated rings. The highest BCUT2D eigenvalue weighted by molar-refractivity contribution is 7.89. The number of fused-ring (bicyclic) bond motifs is 1. The number of hydrogen-bond acceptors (Lipinski definition) is 4. The third kappa shape index (κ3) is 3.54. The number of ether oxygens (including phenoxy) is 1. The van der Waals surface area contributed by atoms with E-state index in [1.54, 1.807) is 23.9 Å². The maximum absolute atomic E-state index is 13.3. The van der Waals surface area contributed by atoms with Crippen LogP contribution in [0.3, 0.4) is 0 Å². The molecule has 1 amide bonds. The lowest BCUT2D eigenvalue weighted by Crippen LogP contribution is -2.50. The molecule has 0 bridgehead atoms. The van der Waals surface area contributed by atoms with Gasteiger partial charge in [-0.3, -0.25) is 4.79 Å². The molecule has 0 spiro atoms. The number of morpholine rings is 1. The Morgan fingerprint density at radius 2 is 1.78 bits per heavy atom. The molecule has 1 aliphatic carbocycles. The fourth-order valence-corrected chi connectivity index (χ4v) is 6.33. The lowest BCUT2D eigenvalue weighted by atomic mass is 9.78. The van der Waals surface area contributed by atoms with Gasteiger partial charge >= 0.3 is 0 Å². The Balaban J connectivity index is 1.58. The first kappa shape index (κ1) is 19.0. The highest BCUT2D eigenvalue weighted by Gasteiger charge is 2.37. The summed E-state index contributed by atoms with van der Waals surface area (Å²) < 4.78 is 34.2. The maximum Gasteiger partial charge on any atom is 0.270 e. The van der Waals surface area contributed by atoms with E-state index in [4.69, 9.17) is 4.74 Å². The molecule has 1 saturated carbocycles. The summed E-state index contributed by atoms with van der Waals surface area (Å²) >= 11 is 0. The summed E-state index contributed by atoms with van der Waals surface area (Å²) in [4.78, 5) is 15.5. The zero-order valence-corrected chi connectivity index (χ0v) is 16.8. The zero-order valence-electron chi connectivity index (χ0n) is 16.0. The molecular weight excluding hydrogens is 366 g/mol. The lowest BCUT2D eigenvalue weighted by Gasteiger charge is -2.44. The summed E-state index contributed by atoms with van der Waals surface area (Å²) in [5.74, 6) is 0.575. The average molecular weight is 396 g/mol. The molecule has 0 aromatic carbocycles. The van der Waals surface area contributed by atoms with Crippen molar-refractivity contribution in [1.29, 1.82) is 0 Å². The number of likely N-dealkylation sites (tertiary alicyclic amines) is 1. The van der Waals surface area contributed by atoms with Crippen molar-refractivity contribution in [3.8, 4) is 0 Å². The Morgan fingerprint density at radius 3 is 2.56 bits per heavy atom. The molecule has 7 nitrogen and oxygen atoms in total. The third-order valence-corrected chi connectivity index (χ3v) is 8.17.